The Bertz CT molecular complexity index is 1110. The number of Topliss-reactive ketones (excluding diaryl/α,β-unsaturated/α-hetero) is 1. The molecule has 4 rings (SSSR count). The number of methoxy groups -OCH3 is 1. The first kappa shape index (κ1) is 21.1. The molecule has 1 saturated heterocycles. The van der Waals surface area contributed by atoms with Gasteiger partial charge < -0.3 is 19.6 Å². The number of likely N-dealkylation sites (tertiary alicyclic amines) is 1. The summed E-state index contributed by atoms with van der Waals surface area (Å²) in [7, 11) is 3.13. The van der Waals surface area contributed by atoms with Gasteiger partial charge in [0.05, 0.1) is 5.57 Å². The summed E-state index contributed by atoms with van der Waals surface area (Å²) in [6, 6.07) is 13.2. The summed E-state index contributed by atoms with van der Waals surface area (Å²) in [6.07, 6.45) is 0.422. The normalized spacial score (nSPS) is 22.0. The molecule has 0 aromatic heterocycles. The average Bonchev–Trinajstić information content (AvgIpc) is 3.13. The van der Waals surface area contributed by atoms with Gasteiger partial charge in [0, 0.05) is 49.1 Å². The molecule has 0 saturated carbocycles. The van der Waals surface area contributed by atoms with E-state index in [9.17, 15) is 19.5 Å². The number of hydrogen-bond acceptors (Lipinski definition) is 5. The van der Waals surface area contributed by atoms with E-state index in [-0.39, 0.29) is 12.1 Å². The molecule has 2 heterocycles. The van der Waals surface area contributed by atoms with Crippen LogP contribution in [-0.2, 0) is 24.7 Å². The van der Waals surface area contributed by atoms with Crippen molar-refractivity contribution in [3.63, 3.8) is 0 Å². The van der Waals surface area contributed by atoms with Crippen molar-refractivity contribution >= 4 is 40.6 Å². The number of rotatable bonds is 5. The van der Waals surface area contributed by atoms with Crippen LogP contribution in [0, 0.1) is 0 Å². The van der Waals surface area contributed by atoms with E-state index in [4.69, 9.17) is 16.3 Å². The van der Waals surface area contributed by atoms with Gasteiger partial charge in [-0.15, -0.1) is 0 Å². The predicted molar refractivity (Wildman–Crippen MR) is 116 cm³/mol. The number of fused-ring (bicyclic) bond motifs is 2. The monoisotopic (exact) mass is 440 g/mol. The summed E-state index contributed by atoms with van der Waals surface area (Å²) in [5.74, 6) is -2.61. The number of nitrogens with zero attached hydrogens (tertiary/aromatic N) is 2. The lowest BCUT2D eigenvalue weighted by Crippen LogP contribution is -2.51. The molecule has 8 heteroatoms. The van der Waals surface area contributed by atoms with Crippen molar-refractivity contribution in [2.45, 2.75) is 12.0 Å². The second-order valence-electron chi connectivity index (χ2n) is 7.45. The van der Waals surface area contributed by atoms with Crippen molar-refractivity contribution in [1.82, 2.24) is 4.90 Å². The number of carbonyl (C=O) groups is 3. The molecule has 1 N–H and O–H groups in total. The van der Waals surface area contributed by atoms with Gasteiger partial charge in [-0.1, -0.05) is 29.8 Å². The fourth-order valence-electron chi connectivity index (χ4n) is 4.39. The number of hydrogen-bond donors (Lipinski definition) is 1. The van der Waals surface area contributed by atoms with Crippen LogP contribution in [0.1, 0.15) is 17.5 Å². The molecule has 2 amide bonds. The van der Waals surface area contributed by atoms with Gasteiger partial charge in [-0.25, -0.2) is 0 Å². The zero-order valence-corrected chi connectivity index (χ0v) is 17.8. The Morgan fingerprint density at radius 1 is 1.10 bits per heavy atom. The third kappa shape index (κ3) is 2.96. The highest BCUT2D eigenvalue weighted by Crippen LogP contribution is 2.53. The number of halogens is 1. The summed E-state index contributed by atoms with van der Waals surface area (Å²) < 4.78 is 5.09. The summed E-state index contributed by atoms with van der Waals surface area (Å²) in [4.78, 5) is 42.7. The minimum atomic E-state index is -1.74. The number of aliphatic hydroxyl groups excluding tert-OH is 1. The molecule has 1 unspecified atom stereocenters. The SMILES string of the molecule is COCCCN1C(=O)C(=O)/C(=C(\O)c2ccc(Cl)cc2)C12C(=O)N(C)c1ccccc12. The van der Waals surface area contributed by atoms with Crippen LogP contribution in [-0.4, -0.2) is 54.9 Å². The molecule has 0 aliphatic carbocycles. The van der Waals surface area contributed by atoms with E-state index in [1.165, 1.54) is 16.9 Å². The molecule has 2 aromatic rings. The van der Waals surface area contributed by atoms with E-state index < -0.39 is 28.9 Å². The number of carbonyl (C=O) groups excluding carboxylic acids is 3. The number of para-hydroxylation sites is 1. The highest BCUT2D eigenvalue weighted by Gasteiger charge is 2.66. The van der Waals surface area contributed by atoms with Crippen LogP contribution in [0.5, 0.6) is 0 Å². The first-order chi connectivity index (χ1) is 14.9. The van der Waals surface area contributed by atoms with Crippen LogP contribution >= 0.6 is 11.6 Å². The zero-order valence-electron chi connectivity index (χ0n) is 17.1. The van der Waals surface area contributed by atoms with Gasteiger partial charge in [-0.3, -0.25) is 14.4 Å². The van der Waals surface area contributed by atoms with Crippen molar-refractivity contribution in [2.75, 3.05) is 32.2 Å². The van der Waals surface area contributed by atoms with E-state index in [0.717, 1.165) is 0 Å². The molecule has 31 heavy (non-hydrogen) atoms. The maximum atomic E-state index is 13.7. The van der Waals surface area contributed by atoms with Crippen molar-refractivity contribution in [1.29, 1.82) is 0 Å². The van der Waals surface area contributed by atoms with Gasteiger partial charge in [0.1, 0.15) is 5.76 Å². The van der Waals surface area contributed by atoms with Crippen LogP contribution in [0.4, 0.5) is 5.69 Å². The van der Waals surface area contributed by atoms with Gasteiger partial charge in [-0.2, -0.15) is 0 Å². The predicted octanol–water partition coefficient (Wildman–Crippen LogP) is 2.93. The fourth-order valence-corrected chi connectivity index (χ4v) is 4.52. The molecule has 2 aliphatic rings. The Morgan fingerprint density at radius 2 is 1.77 bits per heavy atom. The first-order valence-electron chi connectivity index (χ1n) is 9.78. The molecule has 160 valence electrons. The minimum absolute atomic E-state index is 0.115. The van der Waals surface area contributed by atoms with Crippen molar-refractivity contribution in [3.05, 3.63) is 70.3 Å². The number of anilines is 1. The Morgan fingerprint density at radius 3 is 2.45 bits per heavy atom. The summed E-state index contributed by atoms with van der Waals surface area (Å²) >= 11 is 5.95. The molecule has 7 nitrogen and oxygen atoms in total. The van der Waals surface area contributed by atoms with Gasteiger partial charge in [0.25, 0.3) is 17.6 Å². The minimum Gasteiger partial charge on any atom is -0.507 e. The zero-order chi connectivity index (χ0) is 22.3. The Balaban J connectivity index is 2.01. The van der Waals surface area contributed by atoms with Gasteiger partial charge in [0.2, 0.25) is 0 Å². The topological polar surface area (TPSA) is 87.1 Å². The average molecular weight is 441 g/mol. The van der Waals surface area contributed by atoms with Crippen LogP contribution in [0.15, 0.2) is 54.1 Å². The molecular formula is C23H21ClN2O5. The summed E-state index contributed by atoms with van der Waals surface area (Å²) in [6.45, 7) is 0.464. The summed E-state index contributed by atoms with van der Waals surface area (Å²) in [5, 5.41) is 11.6. The van der Waals surface area contributed by atoms with Crippen molar-refractivity contribution < 1.29 is 24.2 Å². The lowest BCUT2D eigenvalue weighted by molar-refractivity contribution is -0.143. The van der Waals surface area contributed by atoms with Crippen LogP contribution in [0.3, 0.4) is 0 Å². The maximum Gasteiger partial charge on any atom is 0.296 e. The molecule has 0 bridgehead atoms. The highest BCUT2D eigenvalue weighted by atomic mass is 35.5. The molecule has 1 atom stereocenters. The van der Waals surface area contributed by atoms with Crippen LogP contribution in [0.25, 0.3) is 5.76 Å². The molecule has 1 fully saturated rings. The van der Waals surface area contributed by atoms with E-state index >= 15 is 0 Å². The van der Waals surface area contributed by atoms with E-state index in [2.05, 4.69) is 0 Å². The number of likely N-dealkylation sites (N-methyl/N-ethyl adjacent to an activating group) is 1. The number of benzene rings is 2. The van der Waals surface area contributed by atoms with Crippen LogP contribution < -0.4 is 4.90 Å². The molecular weight excluding hydrogens is 420 g/mol. The fraction of sp³-hybridized carbons (Fsp3) is 0.261. The molecule has 2 aliphatic heterocycles. The third-order valence-electron chi connectivity index (χ3n) is 5.79. The quantitative estimate of drug-likeness (QED) is 0.334. The van der Waals surface area contributed by atoms with Crippen molar-refractivity contribution in [2.24, 2.45) is 0 Å². The summed E-state index contributed by atoms with van der Waals surface area (Å²) in [5.41, 5.74) is -0.628. The van der Waals surface area contributed by atoms with Crippen molar-refractivity contribution in [3.8, 4) is 0 Å². The lowest BCUT2D eigenvalue weighted by atomic mass is 9.82. The standard InChI is InChI=1S/C23H21ClN2O5/c1-25-17-7-4-3-6-16(17)23(22(25)30)18(19(27)14-8-10-15(24)11-9-14)20(28)21(29)26(23)12-5-13-31-2/h3-4,6-11,27H,5,12-13H2,1-2H3/b19-18+. The number of amides is 2. The van der Waals surface area contributed by atoms with Gasteiger partial charge in [-0.05, 0) is 36.8 Å². The van der Waals surface area contributed by atoms with Crippen LogP contribution in [0.2, 0.25) is 5.02 Å². The Hall–Kier alpha value is -3.16. The molecule has 1 spiro atoms. The second-order valence-corrected chi connectivity index (χ2v) is 7.89. The Kier molecular flexibility index (Phi) is 5.33. The second kappa shape index (κ2) is 7.83. The number of ether oxygens (including phenoxy) is 1. The molecule has 0 radical (unpaired) electrons. The smallest absolute Gasteiger partial charge is 0.296 e. The number of ketones is 1. The molecule has 2 aromatic carbocycles. The van der Waals surface area contributed by atoms with E-state index in [1.54, 1.807) is 55.6 Å². The highest BCUT2D eigenvalue weighted by molar-refractivity contribution is 6.50. The largest absolute Gasteiger partial charge is 0.507 e. The van der Waals surface area contributed by atoms with E-state index in [0.29, 0.717) is 34.9 Å². The number of aliphatic hydroxyl groups is 1. The van der Waals surface area contributed by atoms with Gasteiger partial charge in [0.15, 0.2) is 5.54 Å². The first-order valence-corrected chi connectivity index (χ1v) is 10.2. The maximum absolute atomic E-state index is 13.7. The Labute approximate surface area is 184 Å². The third-order valence-corrected chi connectivity index (χ3v) is 6.04. The van der Waals surface area contributed by atoms with E-state index in [1.807, 2.05) is 0 Å². The lowest BCUT2D eigenvalue weighted by Gasteiger charge is -2.34. The van der Waals surface area contributed by atoms with Gasteiger partial charge >= 0.3 is 0 Å².